The summed E-state index contributed by atoms with van der Waals surface area (Å²) in [5, 5.41) is 0.651. The third-order valence-electron chi connectivity index (χ3n) is 2.93. The van der Waals surface area contributed by atoms with Gasteiger partial charge in [-0.25, -0.2) is 0 Å². The van der Waals surface area contributed by atoms with Crippen LogP contribution in [0.1, 0.15) is 27.2 Å². The number of benzene rings is 1. The molecule has 0 atom stereocenters. The Kier molecular flexibility index (Phi) is 3.78. The van der Waals surface area contributed by atoms with Crippen LogP contribution in [0.15, 0.2) is 36.5 Å². The van der Waals surface area contributed by atoms with Gasteiger partial charge in [0.1, 0.15) is 0 Å². The van der Waals surface area contributed by atoms with E-state index in [4.69, 9.17) is 11.6 Å². The summed E-state index contributed by atoms with van der Waals surface area (Å²) >= 11 is 5.88. The fourth-order valence-electron chi connectivity index (χ4n) is 1.89. The first-order chi connectivity index (χ1) is 8.58. The number of carbonyl (C=O) groups excluding carboxylic acids is 1. The van der Waals surface area contributed by atoms with E-state index >= 15 is 0 Å². The molecule has 0 N–H and O–H groups in total. The third-order valence-corrected chi connectivity index (χ3v) is 3.17. The molecule has 0 spiro atoms. The lowest BCUT2D eigenvalue weighted by Gasteiger charge is -2.06. The molecule has 0 fully saturated rings. The number of hydrogen-bond acceptors (Lipinski definition) is 2. The molecule has 18 heavy (non-hydrogen) atoms. The molecule has 0 radical (unpaired) electrons. The lowest BCUT2D eigenvalue weighted by atomic mass is 10.00. The molecule has 2 rings (SSSR count). The molecule has 0 saturated carbocycles. The molecule has 2 nitrogen and oxygen atoms in total. The van der Waals surface area contributed by atoms with E-state index in [9.17, 15) is 4.79 Å². The Morgan fingerprint density at radius 3 is 2.67 bits per heavy atom. The standard InChI is InChI=1S/C15H14ClNO/c1-10-4-3-7-17-14(10)9-15(18)13-6-5-12(16)8-11(13)2/h3-8H,9H2,1-2H3. The highest BCUT2D eigenvalue weighted by Crippen LogP contribution is 2.17. The maximum Gasteiger partial charge on any atom is 0.169 e. The number of nitrogens with zero attached hydrogens (tertiary/aromatic N) is 1. The van der Waals surface area contributed by atoms with Gasteiger partial charge in [-0.2, -0.15) is 0 Å². The van der Waals surface area contributed by atoms with Crippen molar-refractivity contribution in [2.24, 2.45) is 0 Å². The van der Waals surface area contributed by atoms with Gasteiger partial charge in [0.15, 0.2) is 5.78 Å². The van der Waals surface area contributed by atoms with E-state index in [0.29, 0.717) is 17.0 Å². The van der Waals surface area contributed by atoms with Crippen LogP contribution >= 0.6 is 11.6 Å². The molecule has 0 aliphatic heterocycles. The summed E-state index contributed by atoms with van der Waals surface area (Å²) in [5.74, 6) is 0.0750. The van der Waals surface area contributed by atoms with Gasteiger partial charge in [-0.15, -0.1) is 0 Å². The van der Waals surface area contributed by atoms with Crippen molar-refractivity contribution in [3.05, 3.63) is 63.9 Å². The zero-order valence-corrected chi connectivity index (χ0v) is 11.2. The molecule has 0 amide bonds. The highest BCUT2D eigenvalue weighted by Gasteiger charge is 2.12. The summed E-state index contributed by atoms with van der Waals surface area (Å²) < 4.78 is 0. The number of aryl methyl sites for hydroxylation is 2. The molecule has 0 aliphatic carbocycles. The van der Waals surface area contributed by atoms with E-state index in [1.165, 1.54) is 0 Å². The first kappa shape index (κ1) is 12.8. The first-order valence-corrected chi connectivity index (χ1v) is 6.15. The molecule has 92 valence electrons. The number of carbonyl (C=O) groups is 1. The van der Waals surface area contributed by atoms with Crippen molar-refractivity contribution >= 4 is 17.4 Å². The van der Waals surface area contributed by atoms with Gasteiger partial charge in [0.2, 0.25) is 0 Å². The van der Waals surface area contributed by atoms with Gasteiger partial charge in [0, 0.05) is 16.8 Å². The smallest absolute Gasteiger partial charge is 0.169 e. The fourth-order valence-corrected chi connectivity index (χ4v) is 2.12. The van der Waals surface area contributed by atoms with Crippen LogP contribution in [0, 0.1) is 13.8 Å². The molecule has 1 heterocycles. The van der Waals surface area contributed by atoms with E-state index in [-0.39, 0.29) is 5.78 Å². The Balaban J connectivity index is 2.25. The maximum absolute atomic E-state index is 12.2. The molecule has 0 unspecified atom stereocenters. The first-order valence-electron chi connectivity index (χ1n) is 5.78. The Morgan fingerprint density at radius 1 is 1.22 bits per heavy atom. The minimum absolute atomic E-state index is 0.0750. The Morgan fingerprint density at radius 2 is 2.00 bits per heavy atom. The normalized spacial score (nSPS) is 10.4. The molecular weight excluding hydrogens is 246 g/mol. The summed E-state index contributed by atoms with van der Waals surface area (Å²) in [4.78, 5) is 16.5. The average Bonchev–Trinajstić information content (AvgIpc) is 2.32. The Hall–Kier alpha value is -1.67. The van der Waals surface area contributed by atoms with Crippen LogP contribution in [-0.4, -0.2) is 10.8 Å². The van der Waals surface area contributed by atoms with Crippen LogP contribution in [0.2, 0.25) is 5.02 Å². The van der Waals surface area contributed by atoms with Crippen LogP contribution in [0.25, 0.3) is 0 Å². The zero-order valence-electron chi connectivity index (χ0n) is 10.4. The van der Waals surface area contributed by atoms with Gasteiger partial charge in [0.05, 0.1) is 12.1 Å². The van der Waals surface area contributed by atoms with Crippen LogP contribution in [-0.2, 0) is 6.42 Å². The van der Waals surface area contributed by atoms with Crippen molar-refractivity contribution in [1.82, 2.24) is 4.98 Å². The topological polar surface area (TPSA) is 30.0 Å². The number of aromatic nitrogens is 1. The Labute approximate surface area is 112 Å². The lowest BCUT2D eigenvalue weighted by Crippen LogP contribution is -2.08. The van der Waals surface area contributed by atoms with E-state index in [2.05, 4.69) is 4.98 Å². The number of ketones is 1. The molecule has 1 aromatic carbocycles. The van der Waals surface area contributed by atoms with Gasteiger partial charge in [0.25, 0.3) is 0 Å². The van der Waals surface area contributed by atoms with Gasteiger partial charge in [-0.3, -0.25) is 9.78 Å². The van der Waals surface area contributed by atoms with E-state index < -0.39 is 0 Å². The fraction of sp³-hybridized carbons (Fsp3) is 0.200. The SMILES string of the molecule is Cc1cc(Cl)ccc1C(=O)Cc1ncccc1C. The summed E-state index contributed by atoms with van der Waals surface area (Å²) in [6.07, 6.45) is 2.04. The van der Waals surface area contributed by atoms with Gasteiger partial charge >= 0.3 is 0 Å². The molecule has 0 bridgehead atoms. The van der Waals surface area contributed by atoms with Crippen LogP contribution in [0.4, 0.5) is 0 Å². The lowest BCUT2D eigenvalue weighted by molar-refractivity contribution is 0.0991. The second-order valence-electron chi connectivity index (χ2n) is 4.33. The van der Waals surface area contributed by atoms with Crippen LogP contribution < -0.4 is 0 Å². The highest BCUT2D eigenvalue weighted by molar-refractivity contribution is 6.30. The Bertz CT molecular complexity index is 593. The monoisotopic (exact) mass is 259 g/mol. The van der Waals surface area contributed by atoms with Gasteiger partial charge in [-0.1, -0.05) is 17.7 Å². The van der Waals surface area contributed by atoms with Crippen molar-refractivity contribution in [2.75, 3.05) is 0 Å². The summed E-state index contributed by atoms with van der Waals surface area (Å²) in [5.41, 5.74) is 3.49. The third kappa shape index (κ3) is 2.77. The van der Waals surface area contributed by atoms with Gasteiger partial charge in [-0.05, 0) is 49.2 Å². The zero-order chi connectivity index (χ0) is 13.1. The molecular formula is C15H14ClNO. The molecule has 2 aromatic rings. The van der Waals surface area contributed by atoms with Crippen molar-refractivity contribution in [3.8, 4) is 0 Å². The predicted molar refractivity (Wildman–Crippen MR) is 73.2 cm³/mol. The van der Waals surface area contributed by atoms with Crippen molar-refractivity contribution < 1.29 is 4.79 Å². The van der Waals surface area contributed by atoms with Crippen molar-refractivity contribution in [3.63, 3.8) is 0 Å². The predicted octanol–water partition coefficient (Wildman–Crippen LogP) is 3.78. The largest absolute Gasteiger partial charge is 0.294 e. The molecule has 3 heteroatoms. The quantitative estimate of drug-likeness (QED) is 0.786. The van der Waals surface area contributed by atoms with E-state index in [1.807, 2.05) is 26.0 Å². The maximum atomic E-state index is 12.2. The minimum atomic E-state index is 0.0750. The van der Waals surface area contributed by atoms with Crippen molar-refractivity contribution in [2.45, 2.75) is 20.3 Å². The summed E-state index contributed by atoms with van der Waals surface area (Å²) in [7, 11) is 0. The second-order valence-corrected chi connectivity index (χ2v) is 4.76. The minimum Gasteiger partial charge on any atom is -0.294 e. The number of halogens is 1. The number of rotatable bonds is 3. The number of hydrogen-bond donors (Lipinski definition) is 0. The molecule has 0 aliphatic rings. The number of pyridine rings is 1. The molecule has 1 aromatic heterocycles. The van der Waals surface area contributed by atoms with E-state index in [1.54, 1.807) is 24.4 Å². The molecule has 0 saturated heterocycles. The number of Topliss-reactive ketones (excluding diaryl/α,β-unsaturated/α-hetero) is 1. The highest BCUT2D eigenvalue weighted by atomic mass is 35.5. The summed E-state index contributed by atoms with van der Waals surface area (Å²) in [6.45, 7) is 3.86. The van der Waals surface area contributed by atoms with Crippen molar-refractivity contribution in [1.29, 1.82) is 0 Å². The summed E-state index contributed by atoms with van der Waals surface area (Å²) in [6, 6.07) is 9.16. The average molecular weight is 260 g/mol. The van der Waals surface area contributed by atoms with Crippen LogP contribution in [0.5, 0.6) is 0 Å². The second kappa shape index (κ2) is 5.32. The van der Waals surface area contributed by atoms with E-state index in [0.717, 1.165) is 16.8 Å². The van der Waals surface area contributed by atoms with Crippen LogP contribution in [0.3, 0.4) is 0 Å². The van der Waals surface area contributed by atoms with Gasteiger partial charge < -0.3 is 0 Å².